The summed E-state index contributed by atoms with van der Waals surface area (Å²) in [6, 6.07) is 8.54. The van der Waals surface area contributed by atoms with Crippen LogP contribution in [0, 0.1) is 23.5 Å². The third kappa shape index (κ3) is 4.63. The molecule has 2 aliphatic carbocycles. The molecule has 0 aliphatic heterocycles. The van der Waals surface area contributed by atoms with Crippen LogP contribution in [-0.4, -0.2) is 6.36 Å². The molecule has 0 amide bonds. The Hall–Kier alpha value is -2.37. The van der Waals surface area contributed by atoms with E-state index in [9.17, 15) is 22.0 Å². The Bertz CT molecular complexity index is 934. The fourth-order valence-electron chi connectivity index (χ4n) is 5.75. The van der Waals surface area contributed by atoms with Crippen molar-refractivity contribution in [3.05, 3.63) is 77.4 Å². The molecule has 0 aromatic heterocycles. The predicted octanol–water partition coefficient (Wildman–Crippen LogP) is 7.67. The molecule has 0 spiro atoms. The summed E-state index contributed by atoms with van der Waals surface area (Å²) in [5.41, 5.74) is 2.33. The number of allylic oxidation sites excluding steroid dienone is 1. The molecule has 1 nitrogen and oxygen atoms in total. The molecule has 0 heterocycles. The number of ether oxygens (including phenoxy) is 1. The zero-order valence-corrected chi connectivity index (χ0v) is 17.1. The van der Waals surface area contributed by atoms with E-state index in [0.717, 1.165) is 49.3 Å². The minimum Gasteiger partial charge on any atom is -0.406 e. The van der Waals surface area contributed by atoms with Crippen LogP contribution in [0.3, 0.4) is 0 Å². The maximum Gasteiger partial charge on any atom is 0.573 e. The molecule has 0 N–H and O–H groups in total. The van der Waals surface area contributed by atoms with Gasteiger partial charge in [0.15, 0.2) is 0 Å². The van der Waals surface area contributed by atoms with E-state index in [1.165, 1.54) is 18.2 Å². The van der Waals surface area contributed by atoms with E-state index in [1.54, 1.807) is 12.1 Å². The summed E-state index contributed by atoms with van der Waals surface area (Å²) in [7, 11) is 0. The van der Waals surface area contributed by atoms with Gasteiger partial charge in [-0.25, -0.2) is 8.78 Å². The fourth-order valence-corrected chi connectivity index (χ4v) is 5.75. The molecule has 1 saturated carbocycles. The zero-order valence-electron chi connectivity index (χ0n) is 17.1. The molecule has 2 aromatic carbocycles. The van der Waals surface area contributed by atoms with Crippen molar-refractivity contribution in [2.75, 3.05) is 0 Å². The Kier molecular flexibility index (Phi) is 6.09. The summed E-state index contributed by atoms with van der Waals surface area (Å²) < 4.78 is 70.0. The lowest BCUT2D eigenvalue weighted by atomic mass is 9.57. The molecule has 31 heavy (non-hydrogen) atoms. The van der Waals surface area contributed by atoms with Gasteiger partial charge in [0.25, 0.3) is 0 Å². The Morgan fingerprint density at radius 2 is 1.77 bits per heavy atom. The van der Waals surface area contributed by atoms with Crippen LogP contribution in [0.4, 0.5) is 22.0 Å². The van der Waals surface area contributed by atoms with Gasteiger partial charge in [0.2, 0.25) is 0 Å². The Labute approximate surface area is 178 Å². The lowest BCUT2D eigenvalue weighted by Crippen LogP contribution is -2.35. The van der Waals surface area contributed by atoms with Crippen LogP contribution in [-0.2, 0) is 6.42 Å². The number of alkyl halides is 3. The first kappa shape index (κ1) is 21.8. The molecule has 0 bridgehead atoms. The van der Waals surface area contributed by atoms with Gasteiger partial charge in [0.1, 0.15) is 17.4 Å². The fraction of sp³-hybridized carbons (Fsp3) is 0.440. The first-order chi connectivity index (χ1) is 14.8. The van der Waals surface area contributed by atoms with Gasteiger partial charge in [-0.1, -0.05) is 18.2 Å². The zero-order chi connectivity index (χ0) is 22.2. The molecule has 2 aliphatic rings. The molecule has 4 unspecified atom stereocenters. The van der Waals surface area contributed by atoms with Crippen molar-refractivity contribution in [1.82, 2.24) is 0 Å². The van der Waals surface area contributed by atoms with Crippen molar-refractivity contribution in [2.45, 2.75) is 56.7 Å². The van der Waals surface area contributed by atoms with Gasteiger partial charge in [-0.15, -0.1) is 19.8 Å². The molecule has 1 fully saturated rings. The summed E-state index contributed by atoms with van der Waals surface area (Å²) in [6.07, 6.45) is 2.01. The Morgan fingerprint density at radius 1 is 1.03 bits per heavy atom. The van der Waals surface area contributed by atoms with Crippen LogP contribution in [0.1, 0.15) is 60.6 Å². The predicted molar refractivity (Wildman–Crippen MR) is 109 cm³/mol. The van der Waals surface area contributed by atoms with Crippen LogP contribution in [0.25, 0.3) is 0 Å². The molecule has 2 aromatic rings. The van der Waals surface area contributed by atoms with E-state index in [-0.39, 0.29) is 23.5 Å². The van der Waals surface area contributed by atoms with Gasteiger partial charge >= 0.3 is 6.36 Å². The van der Waals surface area contributed by atoms with E-state index in [0.29, 0.717) is 17.9 Å². The van der Waals surface area contributed by atoms with Gasteiger partial charge < -0.3 is 4.74 Å². The SMILES string of the molecule is C=CCCC1CCC2c3cc(F)cc(F)c3CCC2C1c1ccc(OC(F)(F)F)cc1. The van der Waals surface area contributed by atoms with Crippen molar-refractivity contribution >= 4 is 0 Å². The normalized spacial score (nSPS) is 25.5. The number of hydrogen-bond donors (Lipinski definition) is 0. The van der Waals surface area contributed by atoms with Crippen LogP contribution < -0.4 is 4.74 Å². The summed E-state index contributed by atoms with van der Waals surface area (Å²) in [6.45, 7) is 3.81. The van der Waals surface area contributed by atoms with Crippen molar-refractivity contribution in [1.29, 1.82) is 0 Å². The average Bonchev–Trinajstić information content (AvgIpc) is 2.71. The Morgan fingerprint density at radius 3 is 2.45 bits per heavy atom. The van der Waals surface area contributed by atoms with Gasteiger partial charge in [0, 0.05) is 6.07 Å². The average molecular weight is 436 g/mol. The van der Waals surface area contributed by atoms with Gasteiger partial charge in [-0.2, -0.15) is 0 Å². The third-order valence-corrected chi connectivity index (χ3v) is 6.90. The first-order valence-corrected chi connectivity index (χ1v) is 10.7. The van der Waals surface area contributed by atoms with Crippen LogP contribution >= 0.6 is 0 Å². The van der Waals surface area contributed by atoms with Crippen LogP contribution in [0.15, 0.2) is 49.1 Å². The highest BCUT2D eigenvalue weighted by Gasteiger charge is 2.43. The number of rotatable bonds is 5. The number of fused-ring (bicyclic) bond motifs is 3. The summed E-state index contributed by atoms with van der Waals surface area (Å²) in [4.78, 5) is 0. The monoisotopic (exact) mass is 436 g/mol. The maximum absolute atomic E-state index is 14.4. The van der Waals surface area contributed by atoms with Crippen LogP contribution in [0.2, 0.25) is 0 Å². The second-order valence-electron chi connectivity index (χ2n) is 8.61. The molecule has 6 heteroatoms. The molecular weight excluding hydrogens is 411 g/mol. The van der Waals surface area contributed by atoms with E-state index >= 15 is 0 Å². The molecule has 4 atom stereocenters. The van der Waals surface area contributed by atoms with Gasteiger partial charge in [-0.3, -0.25) is 0 Å². The first-order valence-electron chi connectivity index (χ1n) is 10.7. The second kappa shape index (κ2) is 8.64. The minimum absolute atomic E-state index is 0.0463. The quantitative estimate of drug-likeness (QED) is 0.345. The second-order valence-corrected chi connectivity index (χ2v) is 8.61. The van der Waals surface area contributed by atoms with E-state index in [2.05, 4.69) is 11.3 Å². The molecular formula is C25H25F5O. The van der Waals surface area contributed by atoms with Gasteiger partial charge in [-0.05, 0) is 97.1 Å². The van der Waals surface area contributed by atoms with E-state index < -0.39 is 18.0 Å². The highest BCUT2D eigenvalue weighted by Crippen LogP contribution is 2.55. The van der Waals surface area contributed by atoms with Crippen molar-refractivity contribution in [3.8, 4) is 5.75 Å². The number of benzene rings is 2. The highest BCUT2D eigenvalue weighted by atomic mass is 19.4. The highest BCUT2D eigenvalue weighted by molar-refractivity contribution is 5.39. The third-order valence-electron chi connectivity index (χ3n) is 6.90. The largest absolute Gasteiger partial charge is 0.573 e. The molecule has 0 saturated heterocycles. The van der Waals surface area contributed by atoms with E-state index in [1.807, 2.05) is 6.08 Å². The standard InChI is InChI=1S/C25H25F5O/c1-2-3-4-15-7-10-19-21(12-11-20-22(19)13-17(26)14-23(20)27)24(15)16-5-8-18(9-6-16)31-25(28,29)30/h2,5-6,8-9,13-15,19,21,24H,1,3-4,7,10-12H2. The topological polar surface area (TPSA) is 9.23 Å². The van der Waals surface area contributed by atoms with Gasteiger partial charge in [0.05, 0.1) is 0 Å². The van der Waals surface area contributed by atoms with E-state index in [4.69, 9.17) is 0 Å². The van der Waals surface area contributed by atoms with Crippen LogP contribution in [0.5, 0.6) is 5.75 Å². The molecule has 4 rings (SSSR count). The van der Waals surface area contributed by atoms with Crippen molar-refractivity contribution in [2.24, 2.45) is 11.8 Å². The summed E-state index contributed by atoms with van der Waals surface area (Å²) >= 11 is 0. The number of halogens is 5. The minimum atomic E-state index is -4.73. The lowest BCUT2D eigenvalue weighted by Gasteiger charge is -2.47. The molecule has 0 radical (unpaired) electrons. The van der Waals surface area contributed by atoms with Crippen molar-refractivity contribution < 1.29 is 26.7 Å². The summed E-state index contributed by atoms with van der Waals surface area (Å²) in [5.74, 6) is -0.601. The summed E-state index contributed by atoms with van der Waals surface area (Å²) in [5, 5.41) is 0. The van der Waals surface area contributed by atoms with Crippen molar-refractivity contribution in [3.63, 3.8) is 0 Å². The molecule has 166 valence electrons. The smallest absolute Gasteiger partial charge is 0.406 e. The maximum atomic E-state index is 14.4. The lowest BCUT2D eigenvalue weighted by molar-refractivity contribution is -0.274. The Balaban J connectivity index is 1.67. The number of hydrogen-bond acceptors (Lipinski definition) is 1.